The molecule has 2 aromatic carbocycles. The second kappa shape index (κ2) is 13.6. The highest BCUT2D eigenvalue weighted by molar-refractivity contribution is 8.10. The Morgan fingerprint density at radius 2 is 1.74 bits per heavy atom. The third-order valence-corrected chi connectivity index (χ3v) is 10.6. The van der Waals surface area contributed by atoms with Crippen LogP contribution >= 0.6 is 6.49 Å². The fourth-order valence-corrected chi connectivity index (χ4v) is 7.78. The number of rotatable bonds is 13. The summed E-state index contributed by atoms with van der Waals surface area (Å²) in [6.45, 7) is -0.740. The normalized spacial score (nSPS) is 19.1. The van der Waals surface area contributed by atoms with E-state index in [1.54, 1.807) is 48.7 Å². The van der Waals surface area contributed by atoms with E-state index < -0.39 is 30.4 Å². The standard InChI is InChI=1S/C29H32F2N5O5PS/c1-3-39-42(43,40-4-2)29(30,31)22-15-24(41-23(22)17-38-16-20-11-7-5-8-12-20)36-19-34-25-26(32-18-33-27(25)36)35-28(37)21-13-9-6-10-14-21/h5-14,18-19,22-24H,3-4,15-17H2,1-2H3,(H,32,33,35,37)/t22-,23+,24-/m0/s1. The van der Waals surface area contributed by atoms with Crippen molar-refractivity contribution in [2.45, 2.75) is 44.9 Å². The molecular weight excluding hydrogens is 599 g/mol. The molecule has 10 nitrogen and oxygen atoms in total. The third-order valence-electron chi connectivity index (χ3n) is 6.98. The summed E-state index contributed by atoms with van der Waals surface area (Å²) in [6, 6.07) is 18.1. The molecule has 0 unspecified atom stereocenters. The lowest BCUT2D eigenvalue weighted by Gasteiger charge is -2.34. The fraction of sp³-hybridized carbons (Fsp3) is 0.379. The van der Waals surface area contributed by atoms with E-state index in [4.69, 9.17) is 30.3 Å². The summed E-state index contributed by atoms with van der Waals surface area (Å²) in [5.41, 5.74) is -1.59. The number of aromatic nitrogens is 4. The van der Waals surface area contributed by atoms with Gasteiger partial charge in [0.1, 0.15) is 12.6 Å². The minimum Gasteiger partial charge on any atom is -0.374 e. The zero-order valence-corrected chi connectivity index (χ0v) is 25.3. The molecule has 0 aliphatic carbocycles. The number of alkyl halides is 2. The number of imidazole rings is 1. The largest absolute Gasteiger partial charge is 0.374 e. The number of carbonyl (C=O) groups is 1. The van der Waals surface area contributed by atoms with Gasteiger partial charge in [0, 0.05) is 12.0 Å². The maximum absolute atomic E-state index is 16.3. The van der Waals surface area contributed by atoms with E-state index >= 15 is 8.78 Å². The molecule has 0 bridgehead atoms. The zero-order valence-electron chi connectivity index (χ0n) is 23.6. The number of hydrogen-bond acceptors (Lipinski definition) is 9. The molecular formula is C29H32F2N5O5PS. The van der Waals surface area contributed by atoms with E-state index in [0.29, 0.717) is 11.2 Å². The average Bonchev–Trinajstić information content (AvgIpc) is 3.64. The quantitative estimate of drug-likeness (QED) is 0.173. The molecule has 0 saturated carbocycles. The van der Waals surface area contributed by atoms with E-state index in [2.05, 4.69) is 20.3 Å². The molecule has 5 rings (SSSR count). The SMILES string of the molecule is CCOP(=S)(OCC)C(F)(F)[C@H]1C[C@@H](n2cnc3c(NC(=O)c4ccccc4)ncnc32)O[C@@H]1COCc1ccccc1. The van der Waals surface area contributed by atoms with Crippen LogP contribution in [0, 0.1) is 5.92 Å². The molecule has 14 heteroatoms. The number of ether oxygens (including phenoxy) is 2. The second-order valence-electron chi connectivity index (χ2n) is 9.76. The monoisotopic (exact) mass is 631 g/mol. The van der Waals surface area contributed by atoms with Crippen LogP contribution in [0.25, 0.3) is 11.2 Å². The van der Waals surface area contributed by atoms with Gasteiger partial charge in [-0.15, -0.1) is 0 Å². The number of benzene rings is 2. The van der Waals surface area contributed by atoms with Gasteiger partial charge >= 0.3 is 5.66 Å². The van der Waals surface area contributed by atoms with Crippen molar-refractivity contribution in [1.82, 2.24) is 19.5 Å². The number of nitrogens with zero attached hydrogens (tertiary/aromatic N) is 4. The minimum absolute atomic E-state index is 0.0143. The van der Waals surface area contributed by atoms with Gasteiger partial charge < -0.3 is 23.8 Å². The number of amides is 1. The number of anilines is 1. The Morgan fingerprint density at radius 1 is 1.07 bits per heavy atom. The van der Waals surface area contributed by atoms with Gasteiger partial charge in [-0.05, 0) is 43.4 Å². The summed E-state index contributed by atoms with van der Waals surface area (Å²) >= 11 is 5.37. The average molecular weight is 632 g/mol. The molecule has 3 heterocycles. The molecule has 0 spiro atoms. The first-order valence-electron chi connectivity index (χ1n) is 13.9. The Balaban J connectivity index is 1.42. The zero-order chi connectivity index (χ0) is 30.5. The Morgan fingerprint density at radius 3 is 2.42 bits per heavy atom. The van der Waals surface area contributed by atoms with Crippen LogP contribution in [0.3, 0.4) is 0 Å². The van der Waals surface area contributed by atoms with Gasteiger partial charge in [-0.2, -0.15) is 8.78 Å². The summed E-state index contributed by atoms with van der Waals surface area (Å²) in [4.78, 5) is 25.7. The topological polar surface area (TPSA) is 110 Å². The molecule has 1 aliphatic heterocycles. The fourth-order valence-electron chi connectivity index (χ4n) is 4.96. The predicted octanol–water partition coefficient (Wildman–Crippen LogP) is 6.17. The van der Waals surface area contributed by atoms with Gasteiger partial charge in [-0.3, -0.25) is 9.36 Å². The molecule has 1 saturated heterocycles. The number of fused-ring (bicyclic) bond motifs is 1. The number of carbonyl (C=O) groups excluding carboxylic acids is 1. The van der Waals surface area contributed by atoms with E-state index in [1.807, 2.05) is 30.3 Å². The molecule has 1 aliphatic rings. The third kappa shape index (κ3) is 6.67. The maximum atomic E-state index is 16.3. The van der Waals surface area contributed by atoms with Crippen molar-refractivity contribution >= 4 is 41.2 Å². The first-order chi connectivity index (χ1) is 20.8. The number of nitrogens with one attached hydrogen (secondary N) is 1. The van der Waals surface area contributed by atoms with Crippen LogP contribution in [0.15, 0.2) is 73.3 Å². The van der Waals surface area contributed by atoms with Crippen LogP contribution < -0.4 is 5.32 Å². The van der Waals surface area contributed by atoms with Crippen molar-refractivity contribution in [2.75, 3.05) is 25.1 Å². The Kier molecular flexibility index (Phi) is 9.90. The summed E-state index contributed by atoms with van der Waals surface area (Å²) < 4.78 is 57.1. The van der Waals surface area contributed by atoms with Crippen LogP contribution in [0.2, 0.25) is 0 Å². The first kappa shape index (κ1) is 31.2. The summed E-state index contributed by atoms with van der Waals surface area (Å²) in [5, 5.41) is 2.75. The Hall–Kier alpha value is -3.19. The number of hydrogen-bond donors (Lipinski definition) is 1. The molecule has 228 valence electrons. The predicted molar refractivity (Wildman–Crippen MR) is 160 cm³/mol. The number of halogens is 2. The molecule has 1 amide bonds. The molecule has 2 aromatic heterocycles. The van der Waals surface area contributed by atoms with Crippen LogP contribution in [0.4, 0.5) is 14.6 Å². The molecule has 4 aromatic rings. The van der Waals surface area contributed by atoms with E-state index in [-0.39, 0.29) is 50.1 Å². The smallest absolute Gasteiger partial charge is 0.326 e. The van der Waals surface area contributed by atoms with Crippen molar-refractivity contribution in [2.24, 2.45) is 5.92 Å². The summed E-state index contributed by atoms with van der Waals surface area (Å²) in [7, 11) is 0. The molecule has 1 N–H and O–H groups in total. The van der Waals surface area contributed by atoms with Crippen LogP contribution in [-0.4, -0.2) is 57.0 Å². The lowest BCUT2D eigenvalue weighted by atomic mass is 10.0. The molecule has 1 fully saturated rings. The van der Waals surface area contributed by atoms with E-state index in [0.717, 1.165) is 5.56 Å². The Bertz CT molecular complexity index is 1570. The van der Waals surface area contributed by atoms with E-state index in [9.17, 15) is 4.79 Å². The lowest BCUT2D eigenvalue weighted by molar-refractivity contribution is -0.0835. The van der Waals surface area contributed by atoms with Crippen molar-refractivity contribution < 1.29 is 32.1 Å². The van der Waals surface area contributed by atoms with Gasteiger partial charge in [0.25, 0.3) is 12.4 Å². The van der Waals surface area contributed by atoms with Crippen LogP contribution in [0.5, 0.6) is 0 Å². The lowest BCUT2D eigenvalue weighted by Crippen LogP contribution is -2.37. The highest BCUT2D eigenvalue weighted by Gasteiger charge is 2.60. The molecule has 43 heavy (non-hydrogen) atoms. The van der Waals surface area contributed by atoms with Crippen molar-refractivity contribution in [3.05, 3.63) is 84.4 Å². The van der Waals surface area contributed by atoms with Crippen molar-refractivity contribution in [3.63, 3.8) is 0 Å². The van der Waals surface area contributed by atoms with Crippen molar-refractivity contribution in [3.8, 4) is 0 Å². The van der Waals surface area contributed by atoms with Gasteiger partial charge in [0.2, 0.25) is 0 Å². The van der Waals surface area contributed by atoms with Crippen LogP contribution in [-0.2, 0) is 36.9 Å². The minimum atomic E-state index is -4.04. The summed E-state index contributed by atoms with van der Waals surface area (Å²) in [6.07, 6.45) is 0.652. The van der Waals surface area contributed by atoms with Crippen molar-refractivity contribution in [1.29, 1.82) is 0 Å². The highest BCUT2D eigenvalue weighted by Crippen LogP contribution is 2.67. The Labute approximate surface area is 252 Å². The second-order valence-corrected chi connectivity index (χ2v) is 13.3. The van der Waals surface area contributed by atoms with Crippen LogP contribution in [0.1, 0.15) is 42.4 Å². The van der Waals surface area contributed by atoms with Gasteiger partial charge in [0.15, 0.2) is 17.0 Å². The highest BCUT2D eigenvalue weighted by atomic mass is 32.5. The summed E-state index contributed by atoms with van der Waals surface area (Å²) in [5.74, 6) is -1.57. The van der Waals surface area contributed by atoms with Gasteiger partial charge in [0.05, 0.1) is 44.8 Å². The van der Waals surface area contributed by atoms with Gasteiger partial charge in [-0.1, -0.05) is 48.5 Å². The van der Waals surface area contributed by atoms with Gasteiger partial charge in [-0.25, -0.2) is 15.0 Å². The molecule has 3 atom stereocenters. The maximum Gasteiger partial charge on any atom is 0.326 e. The van der Waals surface area contributed by atoms with E-state index in [1.165, 1.54) is 12.7 Å². The first-order valence-corrected chi connectivity index (χ1v) is 16.5. The molecule has 0 radical (unpaired) electrons.